The standard InChI is InChI=1S/C19H23N5O2S/c1-12-8-20-9-14(21-12)23-17(26)18-4-3-5-19(11-18,7-6-18)24-15(25)16-22-13(2)10-27-16/h8-10H,3-7,11H2,1-2H3,(H,24,25)(H,21,23,26). The summed E-state index contributed by atoms with van der Waals surface area (Å²) in [4.78, 5) is 38.4. The zero-order valence-corrected chi connectivity index (χ0v) is 16.4. The van der Waals surface area contributed by atoms with E-state index in [4.69, 9.17) is 0 Å². The molecule has 4 rings (SSSR count). The van der Waals surface area contributed by atoms with Gasteiger partial charge in [0.2, 0.25) is 5.91 Å². The lowest BCUT2D eigenvalue weighted by atomic mass is 9.72. The Morgan fingerprint density at radius 3 is 2.67 bits per heavy atom. The van der Waals surface area contributed by atoms with Gasteiger partial charge in [0.15, 0.2) is 10.8 Å². The van der Waals surface area contributed by atoms with E-state index in [2.05, 4.69) is 25.6 Å². The second-order valence-corrected chi connectivity index (χ2v) is 8.70. The number of hydrogen-bond donors (Lipinski definition) is 2. The predicted molar refractivity (Wildman–Crippen MR) is 103 cm³/mol. The summed E-state index contributed by atoms with van der Waals surface area (Å²) in [5.41, 5.74) is 0.853. The topological polar surface area (TPSA) is 96.9 Å². The van der Waals surface area contributed by atoms with Gasteiger partial charge in [0, 0.05) is 22.8 Å². The maximum Gasteiger partial charge on any atom is 0.280 e. The number of aromatic nitrogens is 3. The molecule has 2 N–H and O–H groups in total. The number of amides is 2. The summed E-state index contributed by atoms with van der Waals surface area (Å²) in [5.74, 6) is 0.346. The summed E-state index contributed by atoms with van der Waals surface area (Å²) < 4.78 is 0. The fourth-order valence-electron chi connectivity index (χ4n) is 4.50. The van der Waals surface area contributed by atoms with Crippen LogP contribution < -0.4 is 10.6 Å². The van der Waals surface area contributed by atoms with Gasteiger partial charge >= 0.3 is 0 Å². The SMILES string of the molecule is Cc1cncc(NC(=O)C23CCCC(NC(=O)c4nc(C)cs4)(CC2)C3)n1. The Kier molecular flexibility index (Phi) is 4.46. The number of carbonyl (C=O) groups is 2. The zero-order valence-electron chi connectivity index (χ0n) is 15.5. The molecule has 0 aromatic carbocycles. The van der Waals surface area contributed by atoms with E-state index in [1.54, 1.807) is 12.4 Å². The molecule has 0 spiro atoms. The van der Waals surface area contributed by atoms with Gasteiger partial charge in [-0.25, -0.2) is 9.97 Å². The van der Waals surface area contributed by atoms with Gasteiger partial charge in [-0.05, 0) is 46.0 Å². The van der Waals surface area contributed by atoms with E-state index in [9.17, 15) is 9.59 Å². The van der Waals surface area contributed by atoms with Crippen LogP contribution in [-0.4, -0.2) is 32.3 Å². The summed E-state index contributed by atoms with van der Waals surface area (Å²) in [5, 5.41) is 8.52. The second-order valence-electron chi connectivity index (χ2n) is 7.84. The molecular formula is C19H23N5O2S. The Bertz CT molecular complexity index is 898. The van der Waals surface area contributed by atoms with Crippen molar-refractivity contribution in [1.29, 1.82) is 0 Å². The molecule has 2 fully saturated rings. The fourth-order valence-corrected chi connectivity index (χ4v) is 5.19. The van der Waals surface area contributed by atoms with Gasteiger partial charge < -0.3 is 10.6 Å². The zero-order chi connectivity index (χ0) is 19.1. The molecule has 142 valence electrons. The summed E-state index contributed by atoms with van der Waals surface area (Å²) in [7, 11) is 0. The Hall–Kier alpha value is -2.35. The minimum Gasteiger partial charge on any atom is -0.345 e. The molecule has 2 aromatic heterocycles. The Labute approximate surface area is 162 Å². The normalized spacial score (nSPS) is 26.6. The largest absolute Gasteiger partial charge is 0.345 e. The van der Waals surface area contributed by atoms with Crippen molar-refractivity contribution in [2.24, 2.45) is 5.41 Å². The average molecular weight is 385 g/mol. The third kappa shape index (κ3) is 3.45. The highest BCUT2D eigenvalue weighted by Crippen LogP contribution is 2.54. The summed E-state index contributed by atoms with van der Waals surface area (Å²) in [6.45, 7) is 3.73. The van der Waals surface area contributed by atoms with Crippen molar-refractivity contribution >= 4 is 29.0 Å². The van der Waals surface area contributed by atoms with Gasteiger partial charge in [0.25, 0.3) is 5.91 Å². The van der Waals surface area contributed by atoms with Crippen LogP contribution in [0.4, 0.5) is 5.82 Å². The van der Waals surface area contributed by atoms with E-state index in [1.807, 2.05) is 19.2 Å². The number of anilines is 1. The maximum absolute atomic E-state index is 13.1. The average Bonchev–Trinajstić information content (AvgIpc) is 3.17. The summed E-state index contributed by atoms with van der Waals surface area (Å²) in [6.07, 6.45) is 8.15. The number of fused-ring (bicyclic) bond motifs is 2. The lowest BCUT2D eigenvalue weighted by Crippen LogP contribution is -2.50. The highest BCUT2D eigenvalue weighted by atomic mass is 32.1. The van der Waals surface area contributed by atoms with Crippen molar-refractivity contribution in [3.63, 3.8) is 0 Å². The van der Waals surface area contributed by atoms with Crippen molar-refractivity contribution in [2.75, 3.05) is 5.32 Å². The molecule has 2 amide bonds. The lowest BCUT2D eigenvalue weighted by molar-refractivity contribution is -0.126. The van der Waals surface area contributed by atoms with Gasteiger partial charge in [-0.3, -0.25) is 14.6 Å². The lowest BCUT2D eigenvalue weighted by Gasteiger charge is -2.38. The predicted octanol–water partition coefficient (Wildman–Crippen LogP) is 3.01. The van der Waals surface area contributed by atoms with Crippen molar-refractivity contribution in [3.05, 3.63) is 34.2 Å². The molecular weight excluding hydrogens is 362 g/mol. The number of carbonyl (C=O) groups excluding carboxylic acids is 2. The van der Waals surface area contributed by atoms with Gasteiger partial charge in [0.1, 0.15) is 0 Å². The van der Waals surface area contributed by atoms with Crippen LogP contribution >= 0.6 is 11.3 Å². The van der Waals surface area contributed by atoms with E-state index in [0.29, 0.717) is 17.2 Å². The van der Waals surface area contributed by atoms with Crippen LogP contribution in [0.3, 0.4) is 0 Å². The van der Waals surface area contributed by atoms with Crippen LogP contribution in [-0.2, 0) is 4.79 Å². The smallest absolute Gasteiger partial charge is 0.280 e. The Balaban J connectivity index is 1.49. The van der Waals surface area contributed by atoms with E-state index >= 15 is 0 Å². The highest BCUT2D eigenvalue weighted by Gasteiger charge is 2.55. The van der Waals surface area contributed by atoms with Gasteiger partial charge in [-0.2, -0.15) is 0 Å². The first-order valence-electron chi connectivity index (χ1n) is 9.25. The molecule has 8 heteroatoms. The number of rotatable bonds is 4. The molecule has 2 aliphatic carbocycles. The first-order chi connectivity index (χ1) is 12.9. The summed E-state index contributed by atoms with van der Waals surface area (Å²) in [6, 6.07) is 0. The first kappa shape index (κ1) is 18.0. The Morgan fingerprint density at radius 1 is 1.07 bits per heavy atom. The molecule has 2 unspecified atom stereocenters. The number of thiazole rings is 1. The van der Waals surface area contributed by atoms with E-state index < -0.39 is 5.41 Å². The van der Waals surface area contributed by atoms with Crippen LogP contribution in [0.15, 0.2) is 17.8 Å². The molecule has 0 aliphatic heterocycles. The fraction of sp³-hybridized carbons (Fsp3) is 0.526. The molecule has 0 saturated heterocycles. The minimum atomic E-state index is -0.449. The molecule has 2 bridgehead atoms. The number of nitrogens with one attached hydrogen (secondary N) is 2. The van der Waals surface area contributed by atoms with Crippen LogP contribution in [0.2, 0.25) is 0 Å². The highest BCUT2D eigenvalue weighted by molar-refractivity contribution is 7.11. The molecule has 0 radical (unpaired) electrons. The number of nitrogens with zero attached hydrogens (tertiary/aromatic N) is 3. The number of aryl methyl sites for hydroxylation is 2. The molecule has 2 atom stereocenters. The number of hydrogen-bond acceptors (Lipinski definition) is 6. The van der Waals surface area contributed by atoms with Gasteiger partial charge in [-0.1, -0.05) is 6.42 Å². The van der Waals surface area contributed by atoms with Crippen molar-refractivity contribution in [1.82, 2.24) is 20.3 Å². The third-order valence-corrected chi connectivity index (χ3v) is 6.70. The molecule has 7 nitrogen and oxygen atoms in total. The van der Waals surface area contributed by atoms with Crippen LogP contribution in [0, 0.1) is 19.3 Å². The Morgan fingerprint density at radius 2 is 1.93 bits per heavy atom. The van der Waals surface area contributed by atoms with Gasteiger partial charge in [-0.15, -0.1) is 11.3 Å². The first-order valence-corrected chi connectivity index (χ1v) is 10.1. The molecule has 2 heterocycles. The van der Waals surface area contributed by atoms with Crippen LogP contribution in [0.1, 0.15) is 59.7 Å². The van der Waals surface area contributed by atoms with Crippen LogP contribution in [0.25, 0.3) is 0 Å². The second kappa shape index (κ2) is 6.67. The quantitative estimate of drug-likeness (QED) is 0.843. The van der Waals surface area contributed by atoms with Crippen molar-refractivity contribution in [2.45, 2.75) is 57.9 Å². The molecule has 2 saturated carbocycles. The summed E-state index contributed by atoms with van der Waals surface area (Å²) >= 11 is 1.36. The van der Waals surface area contributed by atoms with Crippen molar-refractivity contribution in [3.8, 4) is 0 Å². The van der Waals surface area contributed by atoms with E-state index in [0.717, 1.165) is 43.5 Å². The maximum atomic E-state index is 13.1. The molecule has 27 heavy (non-hydrogen) atoms. The monoisotopic (exact) mass is 385 g/mol. The third-order valence-electron chi connectivity index (χ3n) is 5.74. The van der Waals surface area contributed by atoms with E-state index in [-0.39, 0.29) is 17.4 Å². The van der Waals surface area contributed by atoms with Gasteiger partial charge in [0.05, 0.1) is 17.3 Å². The minimum absolute atomic E-state index is 0.0108. The van der Waals surface area contributed by atoms with Crippen molar-refractivity contribution < 1.29 is 9.59 Å². The van der Waals surface area contributed by atoms with Crippen LogP contribution in [0.5, 0.6) is 0 Å². The van der Waals surface area contributed by atoms with E-state index in [1.165, 1.54) is 11.3 Å². The molecule has 2 aromatic rings. The molecule has 2 aliphatic rings.